The van der Waals surface area contributed by atoms with Crippen LogP contribution in [0.2, 0.25) is 0 Å². The van der Waals surface area contributed by atoms with Crippen LogP contribution in [-0.2, 0) is 0 Å². The third-order valence-electron chi connectivity index (χ3n) is 0. The molecule has 0 amide bonds. The Balaban J connectivity index is 0. The van der Waals surface area contributed by atoms with Gasteiger partial charge in [-0.05, 0) is 0 Å². The molecule has 6 heavy (non-hydrogen) atoms. The van der Waals surface area contributed by atoms with Gasteiger partial charge < -0.3 is 0 Å². The molecule has 0 aliphatic rings. The number of hydrogen-bond donors (Lipinski definition) is 0. The molecule has 0 saturated heterocycles. The smallest absolute Gasteiger partial charge is 0.214 e. The molecular weight excluding hydrogens is 100 g/mol. The van der Waals surface area contributed by atoms with Crippen LogP contribution in [0.3, 0.4) is 0 Å². The lowest BCUT2D eigenvalue weighted by atomic mass is 11.7. The molecule has 0 heterocycles. The number of rotatable bonds is 0. The van der Waals surface area contributed by atoms with Gasteiger partial charge in [-0.1, -0.05) is 0 Å². The van der Waals surface area contributed by atoms with Crippen molar-refractivity contribution in [2.45, 2.75) is 0 Å². The normalized spacial score (nSPS) is 6.00. The highest BCUT2D eigenvalue weighted by molar-refractivity contribution is 3.57. The van der Waals surface area contributed by atoms with Gasteiger partial charge in [0.15, 0.2) is 0 Å². The van der Waals surface area contributed by atoms with Crippen molar-refractivity contribution in [2.75, 3.05) is 13.9 Å². The Kier molecular flexibility index (Phi) is 33.9. The summed E-state index contributed by atoms with van der Waals surface area (Å²) in [7, 11) is 0. The third-order valence-corrected chi connectivity index (χ3v) is 0. The summed E-state index contributed by atoms with van der Waals surface area (Å²) in [5.74, 6) is 0. The first-order chi connectivity index (χ1) is 2.83. The zero-order chi connectivity index (χ0) is 5.41. The van der Waals surface area contributed by atoms with E-state index in [-0.39, 0.29) is 0 Å². The fourth-order valence-electron chi connectivity index (χ4n) is 0. The average molecular weight is 104 g/mol. The molecule has 0 fully saturated rings. The van der Waals surface area contributed by atoms with Crippen LogP contribution in [-0.4, -0.2) is 13.9 Å². The van der Waals surface area contributed by atoms with Crippen LogP contribution in [0.25, 0.3) is 0 Å². The van der Waals surface area contributed by atoms with E-state index in [1.165, 1.54) is 0 Å². The van der Waals surface area contributed by atoms with Gasteiger partial charge in [0.05, 0.1) is 0 Å². The van der Waals surface area contributed by atoms with E-state index < -0.39 is 13.9 Å². The Hall–Kier alpha value is -0.280. The van der Waals surface area contributed by atoms with E-state index in [4.69, 9.17) is 0 Å². The maximum absolute atomic E-state index is 9.62. The van der Waals surface area contributed by atoms with Crippen molar-refractivity contribution in [2.24, 2.45) is 0 Å². The van der Waals surface area contributed by atoms with Gasteiger partial charge in [-0.25, -0.2) is 17.6 Å². The van der Waals surface area contributed by atoms with Crippen molar-refractivity contribution in [1.29, 1.82) is 0 Å². The van der Waals surface area contributed by atoms with Crippen LogP contribution in [0.5, 0.6) is 0 Å². The topological polar surface area (TPSA) is 0 Å². The summed E-state index contributed by atoms with van der Waals surface area (Å²) >= 11 is 0. The maximum Gasteiger partial charge on any atom is 0.229 e. The minimum absolute atomic E-state index is 1.75. The van der Waals surface area contributed by atoms with Gasteiger partial charge in [0.2, 0.25) is 13.9 Å². The molecule has 40 valence electrons. The zero-order valence-electron chi connectivity index (χ0n) is 2.93. The van der Waals surface area contributed by atoms with Crippen LogP contribution in [0, 0.1) is 0 Å². The Morgan fingerprint density at radius 3 is 0.667 bits per heavy atom. The highest BCUT2D eigenvalue weighted by Gasteiger charge is 1.44. The van der Waals surface area contributed by atoms with Crippen LogP contribution < -0.4 is 0 Å². The van der Waals surface area contributed by atoms with E-state index in [0.29, 0.717) is 0 Å². The molecule has 4 heteroatoms. The average Bonchev–Trinajstić information content (AvgIpc) is 1.39. The summed E-state index contributed by atoms with van der Waals surface area (Å²) < 4.78 is 38.5. The van der Waals surface area contributed by atoms with E-state index in [2.05, 4.69) is 0 Å². The van der Waals surface area contributed by atoms with Crippen molar-refractivity contribution >= 4 is 0 Å². The maximum atomic E-state index is 9.62. The largest absolute Gasteiger partial charge is 0.229 e. The summed E-state index contributed by atoms with van der Waals surface area (Å²) in [4.78, 5) is 0. The predicted molar refractivity (Wildman–Crippen MR) is 14.2 cm³/mol. The monoisotopic (exact) mass is 104 g/mol. The zero-order valence-corrected chi connectivity index (χ0v) is 2.93. The minimum Gasteiger partial charge on any atom is -0.214 e. The molecule has 0 saturated carbocycles. The molecule has 0 nitrogen and oxygen atoms in total. The standard InChI is InChI=1S/2CH2F2/c2*2-1-3/h2*1H2. The molecule has 0 unspecified atom stereocenters. The van der Waals surface area contributed by atoms with Crippen LogP contribution in [0.4, 0.5) is 17.6 Å². The summed E-state index contributed by atoms with van der Waals surface area (Å²) in [5, 5.41) is 0. The van der Waals surface area contributed by atoms with Crippen molar-refractivity contribution in [3.05, 3.63) is 0 Å². The Morgan fingerprint density at radius 1 is 0.667 bits per heavy atom. The Bertz CT molecular complexity index is 7.51. The first-order valence-corrected chi connectivity index (χ1v) is 1.07. The fraction of sp³-hybridized carbons (Fsp3) is 1.00. The lowest BCUT2D eigenvalue weighted by molar-refractivity contribution is 0.295. The molecule has 0 atom stereocenters. The van der Waals surface area contributed by atoms with Crippen molar-refractivity contribution in [3.63, 3.8) is 0 Å². The quantitative estimate of drug-likeness (QED) is 0.411. The molecule has 0 radical (unpaired) electrons. The van der Waals surface area contributed by atoms with E-state index in [9.17, 15) is 17.6 Å². The molecule has 0 aliphatic carbocycles. The number of hydrogen-bond acceptors (Lipinski definition) is 0. The first-order valence-electron chi connectivity index (χ1n) is 1.07. The van der Waals surface area contributed by atoms with Gasteiger partial charge in [0.1, 0.15) is 0 Å². The van der Waals surface area contributed by atoms with E-state index in [1.807, 2.05) is 0 Å². The minimum atomic E-state index is -1.75. The molecule has 0 bridgehead atoms. The van der Waals surface area contributed by atoms with Crippen molar-refractivity contribution in [1.82, 2.24) is 0 Å². The summed E-state index contributed by atoms with van der Waals surface area (Å²) in [5.41, 5.74) is 0. The lowest BCUT2D eigenvalue weighted by Gasteiger charge is -1.42. The fourth-order valence-corrected chi connectivity index (χ4v) is 0. The summed E-state index contributed by atoms with van der Waals surface area (Å²) in [6.07, 6.45) is 0. The van der Waals surface area contributed by atoms with E-state index in [0.717, 1.165) is 0 Å². The van der Waals surface area contributed by atoms with Crippen molar-refractivity contribution in [3.8, 4) is 0 Å². The van der Waals surface area contributed by atoms with E-state index in [1.54, 1.807) is 0 Å². The summed E-state index contributed by atoms with van der Waals surface area (Å²) in [6, 6.07) is 0. The predicted octanol–water partition coefficient (Wildman–Crippen LogP) is 1.77. The molecule has 0 aromatic heterocycles. The molecule has 0 aromatic rings. The van der Waals surface area contributed by atoms with Crippen LogP contribution >= 0.6 is 0 Å². The van der Waals surface area contributed by atoms with Crippen molar-refractivity contribution < 1.29 is 17.6 Å². The van der Waals surface area contributed by atoms with Gasteiger partial charge in [-0.2, -0.15) is 0 Å². The highest BCUT2D eigenvalue weighted by atomic mass is 19.3. The second-order valence-corrected chi connectivity index (χ2v) is 0.202. The molecule has 0 spiro atoms. The Labute approximate surface area is 32.8 Å². The van der Waals surface area contributed by atoms with Gasteiger partial charge in [-0.3, -0.25) is 0 Å². The van der Waals surface area contributed by atoms with Gasteiger partial charge in [0, 0.05) is 0 Å². The summed E-state index contributed by atoms with van der Waals surface area (Å²) in [6.45, 7) is -3.50. The SMILES string of the molecule is FCF.FCF. The van der Waals surface area contributed by atoms with Crippen LogP contribution in [0.15, 0.2) is 0 Å². The molecule has 0 aromatic carbocycles. The Morgan fingerprint density at radius 2 is 0.667 bits per heavy atom. The van der Waals surface area contributed by atoms with Crippen LogP contribution in [0.1, 0.15) is 0 Å². The first kappa shape index (κ1) is 9.21. The van der Waals surface area contributed by atoms with E-state index >= 15 is 0 Å². The molecule has 0 rings (SSSR count). The third kappa shape index (κ3) is 351. The second kappa shape index (κ2) is 22.1. The highest BCUT2D eigenvalue weighted by Crippen LogP contribution is 1.56. The van der Waals surface area contributed by atoms with Gasteiger partial charge >= 0.3 is 0 Å². The lowest BCUT2D eigenvalue weighted by Crippen LogP contribution is -1.34. The second-order valence-electron chi connectivity index (χ2n) is 0.202. The molecule has 0 aliphatic heterocycles. The van der Waals surface area contributed by atoms with Gasteiger partial charge in [-0.15, -0.1) is 0 Å². The number of halogens is 4. The number of alkyl halides is 4. The molecule has 0 N–H and O–H groups in total. The molecular formula is C2H4F4. The van der Waals surface area contributed by atoms with Gasteiger partial charge in [0.25, 0.3) is 0 Å².